The van der Waals surface area contributed by atoms with Crippen LogP contribution in [-0.2, 0) is 0 Å². The van der Waals surface area contributed by atoms with E-state index in [1.54, 1.807) is 12.4 Å². The molecule has 0 spiro atoms. The first-order chi connectivity index (χ1) is 10.2. The number of fused-ring (bicyclic) bond motifs is 4. The highest BCUT2D eigenvalue weighted by atomic mass is 14.9. The van der Waals surface area contributed by atoms with E-state index >= 15 is 0 Å². The standard InChI is InChI=1S/C18H13N3/c1-10(2)12-5-4-6-13-16(12)11(3)17-18(13)20-14-7-8-19-9-15(14)21-17/h4-9H,1,3H2,2H3. The maximum atomic E-state index is 4.75. The van der Waals surface area contributed by atoms with Gasteiger partial charge >= 0.3 is 0 Å². The Morgan fingerprint density at radius 1 is 1.05 bits per heavy atom. The minimum Gasteiger partial charge on any atom is -0.262 e. The first-order valence-corrected chi connectivity index (χ1v) is 6.77. The third-order valence-electron chi connectivity index (χ3n) is 3.83. The van der Waals surface area contributed by atoms with E-state index in [4.69, 9.17) is 9.97 Å². The number of allylic oxidation sites excluding steroid dienone is 1. The third-order valence-corrected chi connectivity index (χ3v) is 3.83. The largest absolute Gasteiger partial charge is 0.262 e. The Morgan fingerprint density at radius 2 is 1.86 bits per heavy atom. The van der Waals surface area contributed by atoms with Gasteiger partial charge in [0.15, 0.2) is 0 Å². The highest BCUT2D eigenvalue weighted by molar-refractivity contribution is 6.02. The molecule has 3 nitrogen and oxygen atoms in total. The van der Waals surface area contributed by atoms with Crippen molar-refractivity contribution in [2.45, 2.75) is 6.92 Å². The van der Waals surface area contributed by atoms with Crippen molar-refractivity contribution in [3.8, 4) is 11.3 Å². The summed E-state index contributed by atoms with van der Waals surface area (Å²) in [6, 6.07) is 8.05. The van der Waals surface area contributed by atoms with E-state index in [2.05, 4.69) is 30.3 Å². The van der Waals surface area contributed by atoms with Crippen LogP contribution in [-0.4, -0.2) is 15.0 Å². The van der Waals surface area contributed by atoms with E-state index in [0.717, 1.165) is 50.3 Å². The van der Waals surface area contributed by atoms with Crippen molar-refractivity contribution in [3.63, 3.8) is 0 Å². The smallest absolute Gasteiger partial charge is 0.108 e. The fourth-order valence-electron chi connectivity index (χ4n) is 2.85. The highest BCUT2D eigenvalue weighted by Crippen LogP contribution is 2.44. The Morgan fingerprint density at radius 3 is 2.67 bits per heavy atom. The van der Waals surface area contributed by atoms with E-state index < -0.39 is 0 Å². The molecule has 2 aromatic heterocycles. The summed E-state index contributed by atoms with van der Waals surface area (Å²) in [4.78, 5) is 13.6. The zero-order valence-corrected chi connectivity index (χ0v) is 11.7. The third kappa shape index (κ3) is 1.57. The molecule has 0 saturated carbocycles. The number of rotatable bonds is 1. The number of pyridine rings is 1. The van der Waals surface area contributed by atoms with Crippen molar-refractivity contribution < 1.29 is 0 Å². The molecule has 1 aliphatic rings. The minimum absolute atomic E-state index is 0.794. The van der Waals surface area contributed by atoms with Crippen LogP contribution in [0.1, 0.15) is 23.7 Å². The van der Waals surface area contributed by atoms with Gasteiger partial charge in [0.25, 0.3) is 0 Å². The molecule has 2 heterocycles. The molecule has 3 heteroatoms. The van der Waals surface area contributed by atoms with Gasteiger partial charge in [-0.05, 0) is 18.6 Å². The first-order valence-electron chi connectivity index (χ1n) is 6.77. The Balaban J connectivity index is 2.09. The van der Waals surface area contributed by atoms with Gasteiger partial charge in [0.2, 0.25) is 0 Å². The van der Waals surface area contributed by atoms with Gasteiger partial charge in [-0.15, -0.1) is 0 Å². The van der Waals surface area contributed by atoms with E-state index in [-0.39, 0.29) is 0 Å². The van der Waals surface area contributed by atoms with E-state index in [1.165, 1.54) is 0 Å². The number of benzene rings is 1. The SMILES string of the molecule is C=C(C)c1cccc2c1C(=C)c1nc3cnccc3nc1-2. The van der Waals surface area contributed by atoms with Crippen LogP contribution in [0.4, 0.5) is 0 Å². The fourth-order valence-corrected chi connectivity index (χ4v) is 2.85. The van der Waals surface area contributed by atoms with Crippen LogP contribution in [0.25, 0.3) is 33.4 Å². The molecule has 100 valence electrons. The number of aromatic nitrogens is 3. The van der Waals surface area contributed by atoms with Crippen LogP contribution < -0.4 is 0 Å². The lowest BCUT2D eigenvalue weighted by molar-refractivity contribution is 1.24. The molecule has 4 rings (SSSR count). The molecule has 21 heavy (non-hydrogen) atoms. The molecule has 0 N–H and O–H groups in total. The monoisotopic (exact) mass is 271 g/mol. The molecule has 0 unspecified atom stereocenters. The van der Waals surface area contributed by atoms with Gasteiger partial charge in [0, 0.05) is 22.9 Å². The quantitative estimate of drug-likeness (QED) is 0.523. The molecule has 0 bridgehead atoms. The lowest BCUT2D eigenvalue weighted by atomic mass is 9.96. The molecule has 0 aliphatic heterocycles. The van der Waals surface area contributed by atoms with Crippen molar-refractivity contribution in [2.75, 3.05) is 0 Å². The second kappa shape index (κ2) is 4.09. The van der Waals surface area contributed by atoms with E-state index in [9.17, 15) is 0 Å². The van der Waals surface area contributed by atoms with Crippen LogP contribution >= 0.6 is 0 Å². The summed E-state index contributed by atoms with van der Waals surface area (Å²) in [6.45, 7) is 10.3. The molecule has 0 amide bonds. The second-order valence-corrected chi connectivity index (χ2v) is 5.27. The Hall–Kier alpha value is -2.81. The van der Waals surface area contributed by atoms with Crippen molar-refractivity contribution in [1.29, 1.82) is 0 Å². The Labute approximate surface area is 122 Å². The summed E-state index contributed by atoms with van der Waals surface area (Å²) in [6.07, 6.45) is 3.47. The summed E-state index contributed by atoms with van der Waals surface area (Å²) in [5.74, 6) is 0. The van der Waals surface area contributed by atoms with E-state index in [0.29, 0.717) is 0 Å². The summed E-state index contributed by atoms with van der Waals surface area (Å²) < 4.78 is 0. The fraction of sp³-hybridized carbons (Fsp3) is 0.0556. The summed E-state index contributed by atoms with van der Waals surface area (Å²) in [5.41, 5.74) is 8.62. The maximum absolute atomic E-state index is 4.75. The Bertz CT molecular complexity index is 938. The van der Waals surface area contributed by atoms with Crippen molar-refractivity contribution in [3.05, 3.63) is 66.6 Å². The normalized spacial score (nSPS) is 12.3. The second-order valence-electron chi connectivity index (χ2n) is 5.27. The van der Waals surface area contributed by atoms with Gasteiger partial charge in [0.1, 0.15) is 5.52 Å². The predicted molar refractivity (Wildman–Crippen MR) is 85.6 cm³/mol. The van der Waals surface area contributed by atoms with Crippen LogP contribution in [0.3, 0.4) is 0 Å². The highest BCUT2D eigenvalue weighted by Gasteiger charge is 2.27. The molecule has 1 aromatic carbocycles. The molecule has 3 aromatic rings. The molecule has 1 aliphatic carbocycles. The predicted octanol–water partition coefficient (Wildman–Crippen LogP) is 4.10. The van der Waals surface area contributed by atoms with Gasteiger partial charge in [-0.1, -0.05) is 36.9 Å². The number of hydrogen-bond donors (Lipinski definition) is 0. The molecular formula is C18H13N3. The van der Waals surface area contributed by atoms with E-state index in [1.807, 2.05) is 19.1 Å². The van der Waals surface area contributed by atoms with Crippen molar-refractivity contribution >= 4 is 22.2 Å². The van der Waals surface area contributed by atoms with Crippen molar-refractivity contribution in [1.82, 2.24) is 15.0 Å². The minimum atomic E-state index is 0.794. The summed E-state index contributed by atoms with van der Waals surface area (Å²) in [5, 5.41) is 0. The number of hydrogen-bond acceptors (Lipinski definition) is 3. The zero-order valence-electron chi connectivity index (χ0n) is 11.7. The molecule has 0 atom stereocenters. The maximum Gasteiger partial charge on any atom is 0.108 e. The van der Waals surface area contributed by atoms with Crippen LogP contribution in [0.15, 0.2) is 49.8 Å². The summed E-state index contributed by atoms with van der Waals surface area (Å²) in [7, 11) is 0. The molecule has 0 saturated heterocycles. The number of nitrogens with zero attached hydrogens (tertiary/aromatic N) is 3. The van der Waals surface area contributed by atoms with Crippen LogP contribution in [0.5, 0.6) is 0 Å². The van der Waals surface area contributed by atoms with Crippen LogP contribution in [0.2, 0.25) is 0 Å². The molecular weight excluding hydrogens is 258 g/mol. The van der Waals surface area contributed by atoms with Gasteiger partial charge in [0.05, 0.1) is 23.1 Å². The van der Waals surface area contributed by atoms with Gasteiger partial charge in [-0.2, -0.15) is 0 Å². The van der Waals surface area contributed by atoms with Crippen molar-refractivity contribution in [2.24, 2.45) is 0 Å². The van der Waals surface area contributed by atoms with Gasteiger partial charge < -0.3 is 0 Å². The van der Waals surface area contributed by atoms with Gasteiger partial charge in [-0.3, -0.25) is 4.98 Å². The lowest BCUT2D eigenvalue weighted by Gasteiger charge is -2.08. The Kier molecular flexibility index (Phi) is 2.33. The average molecular weight is 271 g/mol. The average Bonchev–Trinajstić information content (AvgIpc) is 2.78. The zero-order chi connectivity index (χ0) is 14.6. The van der Waals surface area contributed by atoms with Gasteiger partial charge in [-0.25, -0.2) is 9.97 Å². The van der Waals surface area contributed by atoms with Crippen LogP contribution in [0, 0.1) is 0 Å². The molecule has 0 fully saturated rings. The lowest BCUT2D eigenvalue weighted by Crippen LogP contribution is -1.92. The molecule has 0 radical (unpaired) electrons. The first kappa shape index (κ1) is 12.0. The summed E-state index contributed by atoms with van der Waals surface area (Å²) >= 11 is 0. The topological polar surface area (TPSA) is 38.7 Å².